The quantitative estimate of drug-likeness (QED) is 0.323. The zero-order valence-corrected chi connectivity index (χ0v) is 16.4. The van der Waals surface area contributed by atoms with Gasteiger partial charge in [-0.05, 0) is 73.8 Å². The van der Waals surface area contributed by atoms with E-state index in [0.29, 0.717) is 9.13 Å². The number of nitriles is 1. The van der Waals surface area contributed by atoms with E-state index in [2.05, 4.69) is 0 Å². The van der Waals surface area contributed by atoms with Crippen LogP contribution >= 0.6 is 67.8 Å². The first-order chi connectivity index (χ1) is 8.76. The van der Waals surface area contributed by atoms with Crippen LogP contribution in [0.5, 0.6) is 0 Å². The number of carbonyl (C=O) groups is 2. The first kappa shape index (κ1) is 18.8. The van der Waals surface area contributed by atoms with Gasteiger partial charge in [-0.1, -0.05) is 0 Å². The summed E-state index contributed by atoms with van der Waals surface area (Å²) in [6.45, 7) is 0. The fourth-order valence-electron chi connectivity index (χ4n) is 0.841. The lowest BCUT2D eigenvalue weighted by molar-refractivity contribution is -0.115. The molecule has 0 bridgehead atoms. The lowest BCUT2D eigenvalue weighted by Gasteiger charge is -2.05. The van der Waals surface area contributed by atoms with Gasteiger partial charge < -0.3 is 10.0 Å². The number of carbonyl (C=O) groups excluding carboxylic acids is 1. The van der Waals surface area contributed by atoms with E-state index < -0.39 is 5.97 Å². The van der Waals surface area contributed by atoms with Gasteiger partial charge in [0, 0.05) is 24.8 Å². The molecule has 0 aliphatic heterocycles. The molecular formula is C11H9I3N2O3. The normalized spacial score (nSPS) is 8.84. The molecule has 1 aromatic rings. The number of halogens is 3. The van der Waals surface area contributed by atoms with Crippen LogP contribution in [-0.4, -0.2) is 36.5 Å². The maximum absolute atomic E-state index is 10.8. The third kappa shape index (κ3) is 5.78. The molecule has 0 saturated carbocycles. The van der Waals surface area contributed by atoms with E-state index >= 15 is 0 Å². The molecule has 0 radical (unpaired) electrons. The minimum Gasteiger partial charge on any atom is -0.478 e. The third-order valence-corrected chi connectivity index (χ3v) is 7.09. The average molecular weight is 598 g/mol. The van der Waals surface area contributed by atoms with E-state index in [4.69, 9.17) is 10.4 Å². The molecular weight excluding hydrogens is 589 g/mol. The Hall–Kier alpha value is -0.160. The fourth-order valence-corrected chi connectivity index (χ4v) is 3.14. The molecule has 0 aliphatic carbocycles. The number of carboxylic acid groups (broad SMARTS) is 1. The molecule has 1 amide bonds. The van der Waals surface area contributed by atoms with Crippen LogP contribution in [0, 0.1) is 22.0 Å². The van der Waals surface area contributed by atoms with Gasteiger partial charge in [0.2, 0.25) is 6.41 Å². The summed E-state index contributed by atoms with van der Waals surface area (Å²) in [7, 11) is 3.38. The first-order valence-corrected chi connectivity index (χ1v) is 7.92. The number of amides is 1. The molecule has 0 aliphatic rings. The molecule has 102 valence electrons. The second kappa shape index (κ2) is 8.90. The van der Waals surface area contributed by atoms with Crippen molar-refractivity contribution in [3.8, 4) is 6.07 Å². The molecule has 1 rings (SSSR count). The Bertz CT molecular complexity index is 539. The number of rotatable bonds is 2. The summed E-state index contributed by atoms with van der Waals surface area (Å²) in [5, 5.41) is 17.7. The smallest absolute Gasteiger partial charge is 0.336 e. The number of carboxylic acids is 1. The minimum absolute atomic E-state index is 0.187. The van der Waals surface area contributed by atoms with Gasteiger partial charge in [-0.25, -0.2) is 4.79 Å². The monoisotopic (exact) mass is 598 g/mol. The maximum Gasteiger partial charge on any atom is 0.336 e. The predicted molar refractivity (Wildman–Crippen MR) is 96.0 cm³/mol. The van der Waals surface area contributed by atoms with Crippen molar-refractivity contribution < 1.29 is 14.7 Å². The van der Waals surface area contributed by atoms with E-state index in [1.165, 1.54) is 11.0 Å². The number of hydrogen-bond donors (Lipinski definition) is 1. The van der Waals surface area contributed by atoms with E-state index in [9.17, 15) is 9.59 Å². The maximum atomic E-state index is 10.8. The van der Waals surface area contributed by atoms with Crippen molar-refractivity contribution in [3.05, 3.63) is 27.9 Å². The van der Waals surface area contributed by atoms with Gasteiger partial charge in [0.05, 0.1) is 11.1 Å². The van der Waals surface area contributed by atoms with Crippen molar-refractivity contribution in [2.24, 2.45) is 0 Å². The predicted octanol–water partition coefficient (Wildman–Crippen LogP) is 2.77. The summed E-state index contributed by atoms with van der Waals surface area (Å²) in [6.07, 6.45) is 0.750. The molecule has 5 nitrogen and oxygen atoms in total. The Balaban J connectivity index is 0.000000555. The molecule has 0 aromatic heterocycles. The Morgan fingerprint density at radius 1 is 1.32 bits per heavy atom. The number of aromatic carboxylic acids is 1. The van der Waals surface area contributed by atoms with Crippen LogP contribution in [0.3, 0.4) is 0 Å². The first-order valence-electron chi connectivity index (χ1n) is 4.68. The zero-order chi connectivity index (χ0) is 15.2. The number of nitrogens with zero attached hydrogens (tertiary/aromatic N) is 2. The Morgan fingerprint density at radius 2 is 1.79 bits per heavy atom. The van der Waals surface area contributed by atoms with Crippen molar-refractivity contribution in [3.63, 3.8) is 0 Å². The van der Waals surface area contributed by atoms with Crippen molar-refractivity contribution in [2.45, 2.75) is 0 Å². The average Bonchev–Trinajstić information content (AvgIpc) is 2.36. The van der Waals surface area contributed by atoms with Crippen molar-refractivity contribution in [1.29, 1.82) is 5.26 Å². The summed E-state index contributed by atoms with van der Waals surface area (Å²) in [6, 6.07) is 3.39. The lowest BCUT2D eigenvalue weighted by Crippen LogP contribution is -2.06. The standard InChI is InChI=1S/C8H2I3NO2.C3H7NO/c9-5-3(2-12)1-4(8(13)14)6(10)7(5)11;1-4(2)3-5/h1H,(H,13,14);3H,1-2H3. The van der Waals surface area contributed by atoms with Crippen LogP contribution in [0.15, 0.2) is 6.07 Å². The van der Waals surface area contributed by atoms with E-state index in [-0.39, 0.29) is 5.56 Å². The van der Waals surface area contributed by atoms with Gasteiger partial charge in [-0.3, -0.25) is 4.79 Å². The van der Waals surface area contributed by atoms with E-state index in [1.54, 1.807) is 14.1 Å². The molecule has 0 unspecified atom stereocenters. The molecule has 1 aromatic carbocycles. The van der Waals surface area contributed by atoms with Gasteiger partial charge in [0.25, 0.3) is 0 Å². The second-order valence-corrected chi connectivity index (χ2v) is 6.64. The summed E-state index contributed by atoms with van der Waals surface area (Å²) >= 11 is 6.07. The van der Waals surface area contributed by atoms with Gasteiger partial charge in [0.15, 0.2) is 0 Å². The van der Waals surface area contributed by atoms with Gasteiger partial charge >= 0.3 is 5.97 Å². The summed E-state index contributed by atoms with van der Waals surface area (Å²) < 4.78 is 2.31. The highest BCUT2D eigenvalue weighted by molar-refractivity contribution is 14.1. The molecule has 19 heavy (non-hydrogen) atoms. The summed E-state index contributed by atoms with van der Waals surface area (Å²) in [5.74, 6) is -1.000. The van der Waals surface area contributed by atoms with Gasteiger partial charge in [-0.2, -0.15) is 5.26 Å². The van der Waals surface area contributed by atoms with E-state index in [1.807, 2.05) is 73.8 Å². The summed E-state index contributed by atoms with van der Waals surface area (Å²) in [5.41, 5.74) is 0.597. The lowest BCUT2D eigenvalue weighted by atomic mass is 10.1. The van der Waals surface area contributed by atoms with Crippen LogP contribution in [0.4, 0.5) is 0 Å². The molecule has 0 heterocycles. The van der Waals surface area contributed by atoms with Crippen LogP contribution < -0.4 is 0 Å². The van der Waals surface area contributed by atoms with Gasteiger partial charge in [-0.15, -0.1) is 0 Å². The third-order valence-electron chi connectivity index (χ3n) is 1.71. The molecule has 8 heteroatoms. The molecule has 0 spiro atoms. The Kier molecular flexibility index (Phi) is 8.83. The van der Waals surface area contributed by atoms with E-state index in [0.717, 1.165) is 13.6 Å². The molecule has 0 fully saturated rings. The highest BCUT2D eigenvalue weighted by atomic mass is 127. The summed E-state index contributed by atoms with van der Waals surface area (Å²) in [4.78, 5) is 21.7. The largest absolute Gasteiger partial charge is 0.478 e. The Morgan fingerprint density at radius 3 is 2.11 bits per heavy atom. The van der Waals surface area contributed by atoms with Crippen LogP contribution in [-0.2, 0) is 4.79 Å². The van der Waals surface area contributed by atoms with Crippen molar-refractivity contribution in [2.75, 3.05) is 14.1 Å². The van der Waals surface area contributed by atoms with Crippen LogP contribution in [0.1, 0.15) is 15.9 Å². The highest BCUT2D eigenvalue weighted by Gasteiger charge is 2.16. The molecule has 1 N–H and O–H groups in total. The van der Waals surface area contributed by atoms with Crippen molar-refractivity contribution in [1.82, 2.24) is 4.90 Å². The molecule has 0 saturated heterocycles. The van der Waals surface area contributed by atoms with Crippen LogP contribution in [0.25, 0.3) is 0 Å². The van der Waals surface area contributed by atoms with Crippen LogP contribution in [0.2, 0.25) is 0 Å². The fraction of sp³-hybridized carbons (Fsp3) is 0.182. The molecule has 0 atom stereocenters. The number of hydrogen-bond acceptors (Lipinski definition) is 3. The van der Waals surface area contributed by atoms with Crippen molar-refractivity contribution >= 4 is 80.2 Å². The highest BCUT2D eigenvalue weighted by Crippen LogP contribution is 2.27. The zero-order valence-electron chi connectivity index (χ0n) is 9.95. The second-order valence-electron chi connectivity index (χ2n) is 3.40. The van der Waals surface area contributed by atoms with Gasteiger partial charge in [0.1, 0.15) is 6.07 Å². The SMILES string of the molecule is CN(C)C=O.N#Cc1cc(C(=O)O)c(I)c(I)c1I. The topological polar surface area (TPSA) is 81.4 Å². The number of benzene rings is 1. The minimum atomic E-state index is -1.000. The Labute approximate surface area is 151 Å².